The highest BCUT2D eigenvalue weighted by molar-refractivity contribution is 7.80. The number of carbonyl (C=O) groups excluding carboxylic acids is 1. The quantitative estimate of drug-likeness (QED) is 0.531. The molecule has 4 nitrogen and oxygen atoms in total. The number of anilines is 1. The number of benzene rings is 2. The van der Waals surface area contributed by atoms with E-state index in [2.05, 4.69) is 41.8 Å². The van der Waals surface area contributed by atoms with E-state index in [0.29, 0.717) is 27.3 Å². The molecule has 0 bridgehead atoms. The van der Waals surface area contributed by atoms with Crippen LogP contribution in [-0.2, 0) is 11.2 Å². The molecule has 0 saturated heterocycles. The molecule has 26 heavy (non-hydrogen) atoms. The molecule has 0 fully saturated rings. The topological polar surface area (TPSA) is 50.4 Å². The van der Waals surface area contributed by atoms with Crippen LogP contribution in [0.5, 0.6) is 0 Å². The van der Waals surface area contributed by atoms with E-state index in [9.17, 15) is 4.79 Å². The van der Waals surface area contributed by atoms with Crippen molar-refractivity contribution in [3.63, 3.8) is 0 Å². The summed E-state index contributed by atoms with van der Waals surface area (Å²) in [5.41, 5.74) is 2.31. The standard InChI is InChI=1S/C20H23ClN2O2S/c1-3-14(11-15-7-5-4-6-8-15)13-22-20(26)23-16-9-10-18(21)17(12-16)19(24)25-2/h4-10,12,14H,3,11,13H2,1-2H3,(H2,22,23,26)/t14-/m0/s1. The average molecular weight is 391 g/mol. The van der Waals surface area contributed by atoms with Gasteiger partial charge in [0.2, 0.25) is 0 Å². The fraction of sp³-hybridized carbons (Fsp3) is 0.300. The molecule has 0 amide bonds. The molecule has 0 aliphatic heterocycles. The zero-order valence-corrected chi connectivity index (χ0v) is 16.5. The molecule has 6 heteroatoms. The largest absolute Gasteiger partial charge is 0.465 e. The SMILES string of the molecule is CC[C@H](CNC(=S)Nc1ccc(Cl)c(C(=O)OC)c1)Cc1ccccc1. The fourth-order valence-electron chi connectivity index (χ4n) is 2.59. The third-order valence-electron chi connectivity index (χ3n) is 4.13. The molecule has 0 heterocycles. The first-order valence-corrected chi connectivity index (χ1v) is 9.28. The van der Waals surface area contributed by atoms with Gasteiger partial charge in [0.25, 0.3) is 0 Å². The number of hydrogen-bond acceptors (Lipinski definition) is 3. The van der Waals surface area contributed by atoms with E-state index < -0.39 is 5.97 Å². The number of rotatable bonds is 7. The van der Waals surface area contributed by atoms with E-state index in [-0.39, 0.29) is 0 Å². The number of ether oxygens (including phenoxy) is 1. The van der Waals surface area contributed by atoms with Crippen LogP contribution in [0, 0.1) is 5.92 Å². The van der Waals surface area contributed by atoms with Gasteiger partial charge in [0, 0.05) is 12.2 Å². The van der Waals surface area contributed by atoms with Crippen LogP contribution >= 0.6 is 23.8 Å². The molecule has 0 radical (unpaired) electrons. The van der Waals surface area contributed by atoms with Gasteiger partial charge in [0.15, 0.2) is 5.11 Å². The van der Waals surface area contributed by atoms with Crippen LogP contribution in [0.1, 0.15) is 29.3 Å². The Morgan fingerprint density at radius 2 is 1.96 bits per heavy atom. The molecular weight excluding hydrogens is 368 g/mol. The molecule has 0 aromatic heterocycles. The molecule has 0 saturated carbocycles. The molecule has 0 unspecified atom stereocenters. The van der Waals surface area contributed by atoms with Crippen molar-refractivity contribution in [3.8, 4) is 0 Å². The van der Waals surface area contributed by atoms with Crippen LogP contribution in [0.15, 0.2) is 48.5 Å². The second kappa shape index (κ2) is 10.1. The summed E-state index contributed by atoms with van der Waals surface area (Å²) in [6.07, 6.45) is 2.05. The van der Waals surface area contributed by atoms with Crippen molar-refractivity contribution in [1.82, 2.24) is 5.32 Å². The van der Waals surface area contributed by atoms with E-state index in [4.69, 9.17) is 28.6 Å². The summed E-state index contributed by atoms with van der Waals surface area (Å²) >= 11 is 11.4. The lowest BCUT2D eigenvalue weighted by Gasteiger charge is -2.18. The molecule has 2 aromatic carbocycles. The Bertz CT molecular complexity index is 753. The monoisotopic (exact) mass is 390 g/mol. The Kier molecular flexibility index (Phi) is 7.88. The Balaban J connectivity index is 1.90. The van der Waals surface area contributed by atoms with Crippen molar-refractivity contribution in [2.24, 2.45) is 5.92 Å². The molecule has 138 valence electrons. The number of carbonyl (C=O) groups is 1. The van der Waals surface area contributed by atoms with Crippen molar-refractivity contribution in [2.75, 3.05) is 19.0 Å². The molecular formula is C20H23ClN2O2S. The summed E-state index contributed by atoms with van der Waals surface area (Å²) in [5, 5.41) is 7.19. The van der Waals surface area contributed by atoms with Gasteiger partial charge in [-0.2, -0.15) is 0 Å². The van der Waals surface area contributed by atoms with Gasteiger partial charge >= 0.3 is 5.97 Å². The number of thiocarbonyl (C=S) groups is 1. The van der Waals surface area contributed by atoms with Crippen LogP contribution in [0.2, 0.25) is 5.02 Å². The van der Waals surface area contributed by atoms with Crippen LogP contribution in [0.3, 0.4) is 0 Å². The predicted octanol–water partition coefficient (Wildman–Crippen LogP) is 4.68. The van der Waals surface area contributed by atoms with Crippen LogP contribution in [-0.4, -0.2) is 24.7 Å². The Morgan fingerprint density at radius 3 is 2.62 bits per heavy atom. The average Bonchev–Trinajstić information content (AvgIpc) is 2.66. The first kappa shape index (κ1) is 20.2. The number of methoxy groups -OCH3 is 1. The van der Waals surface area contributed by atoms with E-state index in [1.54, 1.807) is 18.2 Å². The maximum absolute atomic E-state index is 11.7. The molecule has 0 aliphatic rings. The normalized spacial score (nSPS) is 11.5. The predicted molar refractivity (Wildman–Crippen MR) is 111 cm³/mol. The van der Waals surface area contributed by atoms with E-state index in [1.165, 1.54) is 12.7 Å². The van der Waals surface area contributed by atoms with Gasteiger partial charge < -0.3 is 15.4 Å². The van der Waals surface area contributed by atoms with Crippen LogP contribution in [0.25, 0.3) is 0 Å². The maximum atomic E-state index is 11.7. The summed E-state index contributed by atoms with van der Waals surface area (Å²) in [5.74, 6) is -0.000524. The van der Waals surface area contributed by atoms with Gasteiger partial charge in [0.1, 0.15) is 0 Å². The molecule has 1 atom stereocenters. The highest BCUT2D eigenvalue weighted by Gasteiger charge is 2.12. The van der Waals surface area contributed by atoms with Crippen molar-refractivity contribution in [2.45, 2.75) is 19.8 Å². The number of nitrogens with one attached hydrogen (secondary N) is 2. The second-order valence-electron chi connectivity index (χ2n) is 5.99. The van der Waals surface area contributed by atoms with Crippen molar-refractivity contribution in [3.05, 3.63) is 64.7 Å². The van der Waals surface area contributed by atoms with Gasteiger partial charge in [0.05, 0.1) is 17.7 Å². The third kappa shape index (κ3) is 6.00. The molecule has 0 aliphatic carbocycles. The summed E-state index contributed by atoms with van der Waals surface area (Å²) in [4.78, 5) is 11.7. The lowest BCUT2D eigenvalue weighted by Crippen LogP contribution is -2.33. The number of hydrogen-bond donors (Lipinski definition) is 2. The van der Waals surface area contributed by atoms with E-state index in [0.717, 1.165) is 19.4 Å². The van der Waals surface area contributed by atoms with Crippen molar-refractivity contribution >= 4 is 40.6 Å². The molecule has 2 aromatic rings. The van der Waals surface area contributed by atoms with Gasteiger partial charge in [-0.1, -0.05) is 55.3 Å². The maximum Gasteiger partial charge on any atom is 0.339 e. The number of halogens is 1. The molecule has 0 spiro atoms. The Morgan fingerprint density at radius 1 is 1.23 bits per heavy atom. The summed E-state index contributed by atoms with van der Waals surface area (Å²) in [6.45, 7) is 2.95. The second-order valence-corrected chi connectivity index (χ2v) is 6.80. The minimum Gasteiger partial charge on any atom is -0.465 e. The van der Waals surface area contributed by atoms with E-state index in [1.807, 2.05) is 6.07 Å². The van der Waals surface area contributed by atoms with Gasteiger partial charge in [-0.3, -0.25) is 0 Å². The van der Waals surface area contributed by atoms with Crippen LogP contribution < -0.4 is 10.6 Å². The fourth-order valence-corrected chi connectivity index (χ4v) is 2.99. The highest BCUT2D eigenvalue weighted by atomic mass is 35.5. The first-order chi connectivity index (χ1) is 12.5. The lowest BCUT2D eigenvalue weighted by molar-refractivity contribution is 0.0601. The van der Waals surface area contributed by atoms with Crippen molar-refractivity contribution in [1.29, 1.82) is 0 Å². The lowest BCUT2D eigenvalue weighted by atomic mass is 9.97. The minimum absolute atomic E-state index is 0.303. The molecule has 2 rings (SSSR count). The Labute approximate surface area is 164 Å². The highest BCUT2D eigenvalue weighted by Crippen LogP contribution is 2.21. The summed E-state index contributed by atoms with van der Waals surface area (Å²) < 4.78 is 4.73. The van der Waals surface area contributed by atoms with Gasteiger partial charge in [-0.25, -0.2) is 4.79 Å². The summed E-state index contributed by atoms with van der Waals surface area (Å²) in [7, 11) is 1.32. The zero-order valence-electron chi connectivity index (χ0n) is 14.9. The minimum atomic E-state index is -0.480. The smallest absolute Gasteiger partial charge is 0.339 e. The molecule has 2 N–H and O–H groups in total. The zero-order chi connectivity index (χ0) is 18.9. The third-order valence-corrected chi connectivity index (χ3v) is 4.70. The number of esters is 1. The van der Waals surface area contributed by atoms with E-state index >= 15 is 0 Å². The summed E-state index contributed by atoms with van der Waals surface area (Å²) in [6, 6.07) is 15.5. The van der Waals surface area contributed by atoms with Crippen LogP contribution in [0.4, 0.5) is 5.69 Å². The van der Waals surface area contributed by atoms with Crippen molar-refractivity contribution < 1.29 is 9.53 Å². The first-order valence-electron chi connectivity index (χ1n) is 8.50. The van der Waals surface area contributed by atoms with Gasteiger partial charge in [-0.15, -0.1) is 0 Å². The Hall–Kier alpha value is -2.11. The van der Waals surface area contributed by atoms with Gasteiger partial charge in [-0.05, 0) is 48.3 Å².